The third-order valence-corrected chi connectivity index (χ3v) is 5.89. The summed E-state index contributed by atoms with van der Waals surface area (Å²) in [5, 5.41) is 11.7. The number of carbonyl (C=O) groups is 1. The number of fused-ring (bicyclic) bond motifs is 1. The van der Waals surface area contributed by atoms with E-state index in [1.165, 1.54) is 28.3 Å². The zero-order chi connectivity index (χ0) is 21.4. The Morgan fingerprint density at radius 2 is 1.77 bits per heavy atom. The molecule has 1 aliphatic heterocycles. The second-order valence-corrected chi connectivity index (χ2v) is 7.80. The minimum absolute atomic E-state index is 0.00553. The summed E-state index contributed by atoms with van der Waals surface area (Å²) in [7, 11) is 0. The number of carboxylic acid groups (broad SMARTS) is 1. The van der Waals surface area contributed by atoms with Crippen molar-refractivity contribution in [3.05, 3.63) is 64.2 Å². The van der Waals surface area contributed by atoms with Crippen molar-refractivity contribution in [2.75, 3.05) is 36.0 Å². The molecule has 0 spiro atoms. The van der Waals surface area contributed by atoms with Gasteiger partial charge in [-0.2, -0.15) is 0 Å². The lowest BCUT2D eigenvalue weighted by Gasteiger charge is -2.35. The minimum atomic E-state index is -1.31. The molecule has 1 saturated heterocycles. The number of rotatable bonds is 4. The van der Waals surface area contributed by atoms with Gasteiger partial charge in [0.25, 0.3) is 0 Å². The number of anilines is 2. The standard InChI is InChI=1S/C20H17N7O3S/c28-17-13(19(29)30)12-27(20-22-5-10-31-20)18-16(17)23-11-15(24-18)26-8-6-25(7-9-26)14-3-1-2-4-21-14/h1-5,10-12H,6-9H2,(H,29,30). The number of hydrogen-bond acceptors (Lipinski definition) is 9. The number of hydrogen-bond donors (Lipinski definition) is 1. The highest BCUT2D eigenvalue weighted by Crippen LogP contribution is 2.21. The summed E-state index contributed by atoms with van der Waals surface area (Å²) in [5.41, 5.74) is -0.733. The maximum atomic E-state index is 12.6. The van der Waals surface area contributed by atoms with E-state index in [2.05, 4.69) is 29.7 Å². The average molecular weight is 435 g/mol. The zero-order valence-electron chi connectivity index (χ0n) is 16.2. The van der Waals surface area contributed by atoms with Crippen molar-refractivity contribution >= 4 is 40.1 Å². The predicted molar refractivity (Wildman–Crippen MR) is 116 cm³/mol. The maximum Gasteiger partial charge on any atom is 0.341 e. The van der Waals surface area contributed by atoms with Crippen LogP contribution in [0.15, 0.2) is 53.2 Å². The lowest BCUT2D eigenvalue weighted by Crippen LogP contribution is -2.47. The molecule has 10 nitrogen and oxygen atoms in total. The van der Waals surface area contributed by atoms with Crippen LogP contribution in [0.5, 0.6) is 0 Å². The first kappa shape index (κ1) is 19.1. The van der Waals surface area contributed by atoms with Gasteiger partial charge in [0.1, 0.15) is 17.2 Å². The highest BCUT2D eigenvalue weighted by molar-refractivity contribution is 7.12. The van der Waals surface area contributed by atoms with Crippen molar-refractivity contribution in [3.63, 3.8) is 0 Å². The van der Waals surface area contributed by atoms with Crippen LogP contribution in [0, 0.1) is 0 Å². The molecule has 0 aromatic carbocycles. The molecule has 0 bridgehead atoms. The lowest BCUT2D eigenvalue weighted by atomic mass is 10.2. The van der Waals surface area contributed by atoms with Gasteiger partial charge < -0.3 is 14.9 Å². The molecule has 5 rings (SSSR count). The van der Waals surface area contributed by atoms with E-state index < -0.39 is 11.4 Å². The SMILES string of the molecule is O=C(O)c1cn(-c2nccs2)c2nc(N3CCN(c4ccccn4)CC3)cnc2c1=O. The first-order valence-electron chi connectivity index (χ1n) is 9.58. The van der Waals surface area contributed by atoms with Crippen LogP contribution >= 0.6 is 11.3 Å². The van der Waals surface area contributed by atoms with E-state index >= 15 is 0 Å². The van der Waals surface area contributed by atoms with Gasteiger partial charge in [-0.05, 0) is 12.1 Å². The number of piperazine rings is 1. The summed E-state index contributed by atoms with van der Waals surface area (Å²) in [6, 6.07) is 5.84. The molecule has 0 unspecified atom stereocenters. The molecule has 0 amide bonds. The number of carboxylic acids is 1. The largest absolute Gasteiger partial charge is 0.477 e. The number of aromatic carboxylic acids is 1. The van der Waals surface area contributed by atoms with Crippen LogP contribution < -0.4 is 15.2 Å². The van der Waals surface area contributed by atoms with Crippen LogP contribution in [0.4, 0.5) is 11.6 Å². The number of aromatic nitrogens is 5. The lowest BCUT2D eigenvalue weighted by molar-refractivity contribution is 0.0695. The van der Waals surface area contributed by atoms with Crippen LogP contribution in [0.2, 0.25) is 0 Å². The molecule has 0 aliphatic carbocycles. The van der Waals surface area contributed by atoms with Gasteiger partial charge in [-0.3, -0.25) is 9.36 Å². The zero-order valence-corrected chi connectivity index (χ0v) is 17.1. The van der Waals surface area contributed by atoms with Crippen molar-refractivity contribution in [3.8, 4) is 5.13 Å². The van der Waals surface area contributed by atoms with Crippen LogP contribution in [0.3, 0.4) is 0 Å². The third-order valence-electron chi connectivity index (χ3n) is 5.12. The Hall–Kier alpha value is -3.86. The molecule has 1 N–H and O–H groups in total. The summed E-state index contributed by atoms with van der Waals surface area (Å²) >= 11 is 1.32. The molecule has 4 aromatic heterocycles. The molecule has 156 valence electrons. The van der Waals surface area contributed by atoms with Gasteiger partial charge in [0.2, 0.25) is 5.43 Å². The van der Waals surface area contributed by atoms with Gasteiger partial charge in [-0.25, -0.2) is 24.7 Å². The molecule has 1 fully saturated rings. The first-order chi connectivity index (χ1) is 15.1. The van der Waals surface area contributed by atoms with E-state index in [1.54, 1.807) is 17.8 Å². The summed E-state index contributed by atoms with van der Waals surface area (Å²) in [6.07, 6.45) is 6.18. The Labute approximate surface area is 180 Å². The first-order valence-corrected chi connectivity index (χ1v) is 10.5. The van der Waals surface area contributed by atoms with Crippen LogP contribution in [-0.4, -0.2) is 61.8 Å². The number of thiazole rings is 1. The molecule has 0 radical (unpaired) electrons. The Bertz CT molecular complexity index is 1300. The van der Waals surface area contributed by atoms with Crippen LogP contribution in [0.1, 0.15) is 10.4 Å². The summed E-state index contributed by atoms with van der Waals surface area (Å²) < 4.78 is 1.52. The second kappa shape index (κ2) is 7.76. The average Bonchev–Trinajstić information content (AvgIpc) is 3.34. The van der Waals surface area contributed by atoms with Crippen molar-refractivity contribution in [1.82, 2.24) is 24.5 Å². The third kappa shape index (κ3) is 3.48. The number of nitrogens with zero attached hydrogens (tertiary/aromatic N) is 7. The normalized spacial score (nSPS) is 14.2. The topological polar surface area (TPSA) is 117 Å². The van der Waals surface area contributed by atoms with E-state index in [1.807, 2.05) is 18.2 Å². The molecule has 5 heterocycles. The highest BCUT2D eigenvalue weighted by Gasteiger charge is 2.22. The molecular weight excluding hydrogens is 418 g/mol. The molecular formula is C20H17N7O3S. The Morgan fingerprint density at radius 3 is 2.42 bits per heavy atom. The van der Waals surface area contributed by atoms with Gasteiger partial charge in [0.05, 0.1) is 6.20 Å². The fraction of sp³-hybridized carbons (Fsp3) is 0.200. The fourth-order valence-electron chi connectivity index (χ4n) is 3.57. The van der Waals surface area contributed by atoms with E-state index in [9.17, 15) is 14.7 Å². The Morgan fingerprint density at radius 1 is 1.00 bits per heavy atom. The van der Waals surface area contributed by atoms with E-state index in [-0.39, 0.29) is 16.7 Å². The van der Waals surface area contributed by atoms with Gasteiger partial charge in [0, 0.05) is 50.1 Å². The second-order valence-electron chi connectivity index (χ2n) is 6.92. The quantitative estimate of drug-likeness (QED) is 0.510. The molecule has 1 aliphatic rings. The van der Waals surface area contributed by atoms with Crippen LogP contribution in [-0.2, 0) is 0 Å². The smallest absolute Gasteiger partial charge is 0.341 e. The van der Waals surface area contributed by atoms with Crippen molar-refractivity contribution in [1.29, 1.82) is 0 Å². The van der Waals surface area contributed by atoms with Crippen molar-refractivity contribution < 1.29 is 9.90 Å². The monoisotopic (exact) mass is 435 g/mol. The molecule has 0 atom stereocenters. The molecule has 31 heavy (non-hydrogen) atoms. The van der Waals surface area contributed by atoms with Gasteiger partial charge in [-0.15, -0.1) is 11.3 Å². The van der Waals surface area contributed by atoms with E-state index in [4.69, 9.17) is 0 Å². The molecule has 4 aromatic rings. The predicted octanol–water partition coefficient (Wildman–Crippen LogP) is 1.66. The van der Waals surface area contributed by atoms with Crippen LogP contribution in [0.25, 0.3) is 16.3 Å². The van der Waals surface area contributed by atoms with Crippen molar-refractivity contribution in [2.45, 2.75) is 0 Å². The van der Waals surface area contributed by atoms with E-state index in [0.29, 0.717) is 24.0 Å². The van der Waals surface area contributed by atoms with Crippen molar-refractivity contribution in [2.24, 2.45) is 0 Å². The Balaban J connectivity index is 1.52. The van der Waals surface area contributed by atoms with Gasteiger partial charge in [-0.1, -0.05) is 6.07 Å². The summed E-state index contributed by atoms with van der Waals surface area (Å²) in [6.45, 7) is 2.97. The van der Waals surface area contributed by atoms with Gasteiger partial charge in [0.15, 0.2) is 16.3 Å². The van der Waals surface area contributed by atoms with Gasteiger partial charge >= 0.3 is 5.97 Å². The maximum absolute atomic E-state index is 12.6. The fourth-order valence-corrected chi connectivity index (χ4v) is 4.18. The molecule has 11 heteroatoms. The summed E-state index contributed by atoms with van der Waals surface area (Å²) in [4.78, 5) is 46.1. The summed E-state index contributed by atoms with van der Waals surface area (Å²) in [5.74, 6) is 0.250. The Kier molecular flexibility index (Phi) is 4.79. The molecule has 0 saturated carbocycles. The van der Waals surface area contributed by atoms with E-state index in [0.717, 1.165) is 18.9 Å². The minimum Gasteiger partial charge on any atom is -0.477 e. The number of pyridine rings is 2. The highest BCUT2D eigenvalue weighted by atomic mass is 32.1.